The van der Waals surface area contributed by atoms with E-state index in [2.05, 4.69) is 15.2 Å². The van der Waals surface area contributed by atoms with Crippen molar-refractivity contribution in [1.29, 1.82) is 0 Å². The van der Waals surface area contributed by atoms with Gasteiger partial charge in [-0.1, -0.05) is 13.8 Å². The first-order valence-electron chi connectivity index (χ1n) is 4.13. The largest absolute Gasteiger partial charge is 1.00 e. The Hall–Kier alpha value is 0.155. The molecule has 0 N–H and O–H groups in total. The molecule has 2 aromatic rings. The summed E-state index contributed by atoms with van der Waals surface area (Å²) < 4.78 is 1.65. The number of rotatable bonds is 0. The standard InChI is InChI=1S/C6H6N4O.C2H6.Rb/c1-4-8-9-6-7-5(11)2-3-10(4)6;1-2;/h2-3H,1H3,(H,7,9,11);1-2H3;/q;;+1/p-1. The van der Waals surface area contributed by atoms with Crippen molar-refractivity contribution in [3.8, 4) is 0 Å². The maximum absolute atomic E-state index is 10.7. The zero-order chi connectivity index (χ0) is 9.84. The molecular weight excluding hydrogens is 254 g/mol. The average Bonchev–Trinajstić information content (AvgIpc) is 2.51. The molecule has 2 heterocycles. The van der Waals surface area contributed by atoms with Gasteiger partial charge in [0.15, 0.2) is 0 Å². The summed E-state index contributed by atoms with van der Waals surface area (Å²) in [4.78, 5) is 14.3. The van der Waals surface area contributed by atoms with Gasteiger partial charge in [-0.25, -0.2) is 5.10 Å². The summed E-state index contributed by atoms with van der Waals surface area (Å²) in [6.07, 6.45) is 1.61. The summed E-state index contributed by atoms with van der Waals surface area (Å²) in [5, 5.41) is 7.43. The first-order valence-corrected chi connectivity index (χ1v) is 4.13. The first-order chi connectivity index (χ1) is 6.27. The number of hydrogen-bond donors (Lipinski definition) is 0. The summed E-state index contributed by atoms with van der Waals surface area (Å²) in [6, 6.07) is 1.38. The molecule has 6 heteroatoms. The van der Waals surface area contributed by atoms with Crippen LogP contribution in [0, 0.1) is 6.92 Å². The van der Waals surface area contributed by atoms with Crippen molar-refractivity contribution in [1.82, 2.24) is 19.6 Å². The molecule has 0 bridgehead atoms. The quantitative estimate of drug-likeness (QED) is 0.523. The third-order valence-electron chi connectivity index (χ3n) is 1.42. The Labute approximate surface area is 131 Å². The second kappa shape index (κ2) is 6.60. The molecule has 0 aromatic carbocycles. The van der Waals surface area contributed by atoms with E-state index in [1.165, 1.54) is 6.07 Å². The molecule has 0 unspecified atom stereocenters. The normalized spacial score (nSPS) is 8.79. The molecule has 0 aliphatic heterocycles. The van der Waals surface area contributed by atoms with Crippen LogP contribution in [0.4, 0.5) is 0 Å². The third-order valence-corrected chi connectivity index (χ3v) is 1.42. The number of aryl methyl sites for hydroxylation is 1. The van der Waals surface area contributed by atoms with E-state index in [4.69, 9.17) is 0 Å². The molecule has 2 rings (SSSR count). The van der Waals surface area contributed by atoms with E-state index >= 15 is 0 Å². The molecule has 0 fully saturated rings. The summed E-state index contributed by atoms with van der Waals surface area (Å²) in [6.45, 7) is 5.80. The topological polar surface area (TPSA) is 61.4 Å². The zero-order valence-electron chi connectivity index (χ0n) is 8.85. The number of aromatic nitrogens is 4. The van der Waals surface area contributed by atoms with Gasteiger partial charge < -0.3 is 9.38 Å². The van der Waals surface area contributed by atoms with Crippen LogP contribution in [0.5, 0.6) is 0 Å². The zero-order valence-corrected chi connectivity index (χ0v) is 13.8. The van der Waals surface area contributed by atoms with Crippen molar-refractivity contribution in [3.05, 3.63) is 28.4 Å². The van der Waals surface area contributed by atoms with E-state index in [9.17, 15) is 4.79 Å². The Morgan fingerprint density at radius 3 is 2.64 bits per heavy atom. The fourth-order valence-corrected chi connectivity index (χ4v) is 0.883. The fourth-order valence-electron chi connectivity index (χ4n) is 0.883. The van der Waals surface area contributed by atoms with Crippen molar-refractivity contribution in [2.75, 3.05) is 0 Å². The molecule has 0 amide bonds. The van der Waals surface area contributed by atoms with Gasteiger partial charge in [-0.15, -0.1) is 0 Å². The van der Waals surface area contributed by atoms with Crippen molar-refractivity contribution >= 4 is 5.78 Å². The van der Waals surface area contributed by atoms with Crippen LogP contribution in [0.25, 0.3) is 5.78 Å². The van der Waals surface area contributed by atoms with E-state index in [1.807, 2.05) is 13.8 Å². The predicted octanol–water partition coefficient (Wildman–Crippen LogP) is -2.61. The van der Waals surface area contributed by atoms with Gasteiger partial charge in [0.05, 0.1) is 5.82 Å². The van der Waals surface area contributed by atoms with Crippen molar-refractivity contribution in [2.45, 2.75) is 20.8 Å². The number of fused-ring (bicyclic) bond motifs is 1. The molecule has 2 aromatic heterocycles. The Bertz CT molecular complexity index is 448. The van der Waals surface area contributed by atoms with Crippen molar-refractivity contribution in [2.24, 2.45) is 0 Å². The molecule has 70 valence electrons. The van der Waals surface area contributed by atoms with Gasteiger partial charge in [0.2, 0.25) is 5.56 Å². The van der Waals surface area contributed by atoms with Gasteiger partial charge in [-0.2, -0.15) is 0 Å². The van der Waals surface area contributed by atoms with Crippen molar-refractivity contribution < 1.29 is 58.2 Å². The van der Waals surface area contributed by atoms with Crippen LogP contribution < -0.4 is 68.7 Å². The van der Waals surface area contributed by atoms with Gasteiger partial charge in [0, 0.05) is 5.78 Å². The minimum Gasteiger partial charge on any atom is -0.361 e. The van der Waals surface area contributed by atoms with E-state index in [-0.39, 0.29) is 63.7 Å². The van der Waals surface area contributed by atoms with Gasteiger partial charge in [0.1, 0.15) is 0 Å². The maximum Gasteiger partial charge on any atom is 1.00 e. The van der Waals surface area contributed by atoms with E-state index in [0.717, 1.165) is 5.82 Å². The minimum absolute atomic E-state index is 0. The number of nitrogens with zero attached hydrogens (tertiary/aromatic N) is 4. The van der Waals surface area contributed by atoms with Crippen LogP contribution in [-0.2, 0) is 0 Å². The summed E-state index contributed by atoms with van der Waals surface area (Å²) in [5.74, 6) is 1.09. The van der Waals surface area contributed by atoms with E-state index in [1.54, 1.807) is 17.5 Å². The molecule has 0 saturated heterocycles. The smallest absolute Gasteiger partial charge is 0.361 e. The molecule has 5 nitrogen and oxygen atoms in total. The fraction of sp³-hybridized carbons (Fsp3) is 0.375. The molecule has 0 spiro atoms. The second-order valence-corrected chi connectivity index (χ2v) is 2.18. The SMILES string of the molecule is CC.Cc1nnc2[n-]c(=O)ccn12.[Rb+]. The second-order valence-electron chi connectivity index (χ2n) is 2.18. The van der Waals surface area contributed by atoms with Crippen molar-refractivity contribution in [3.63, 3.8) is 0 Å². The molecule has 14 heavy (non-hydrogen) atoms. The van der Waals surface area contributed by atoms with Gasteiger partial charge >= 0.3 is 58.2 Å². The van der Waals surface area contributed by atoms with E-state index < -0.39 is 0 Å². The summed E-state index contributed by atoms with van der Waals surface area (Å²) in [7, 11) is 0. The van der Waals surface area contributed by atoms with Crippen LogP contribution in [-0.4, -0.2) is 14.6 Å². The maximum atomic E-state index is 10.7. The van der Waals surface area contributed by atoms with Crippen LogP contribution in [0.3, 0.4) is 0 Å². The Morgan fingerprint density at radius 1 is 1.36 bits per heavy atom. The minimum atomic E-state index is -0.287. The van der Waals surface area contributed by atoms with Crippen LogP contribution >= 0.6 is 0 Å². The molecule has 0 saturated carbocycles. The Morgan fingerprint density at radius 2 is 2.00 bits per heavy atom. The van der Waals surface area contributed by atoms with E-state index in [0.29, 0.717) is 5.78 Å². The first kappa shape index (κ1) is 14.2. The van der Waals surface area contributed by atoms with Gasteiger partial charge in [0.25, 0.3) is 0 Å². The van der Waals surface area contributed by atoms with Crippen LogP contribution in [0.2, 0.25) is 0 Å². The molecular formula is C8H11N4ORb. The van der Waals surface area contributed by atoms with Gasteiger partial charge in [-0.05, 0) is 19.2 Å². The Kier molecular flexibility index (Phi) is 6.68. The molecule has 0 aliphatic rings. The van der Waals surface area contributed by atoms with Crippen LogP contribution in [0.1, 0.15) is 19.7 Å². The molecule has 0 aliphatic carbocycles. The predicted molar refractivity (Wildman–Crippen MR) is 48.7 cm³/mol. The third kappa shape index (κ3) is 3.08. The monoisotopic (exact) mass is 264 g/mol. The molecule has 0 radical (unpaired) electrons. The van der Waals surface area contributed by atoms with Gasteiger partial charge in [-0.3, -0.25) is 9.89 Å². The number of hydrogen-bond acceptors (Lipinski definition) is 3. The van der Waals surface area contributed by atoms with Crippen LogP contribution in [0.15, 0.2) is 17.1 Å². The average molecular weight is 265 g/mol. The Balaban J connectivity index is 0.000000531. The summed E-state index contributed by atoms with van der Waals surface area (Å²) >= 11 is 0. The summed E-state index contributed by atoms with van der Waals surface area (Å²) in [5.41, 5.74) is -0.287. The molecule has 0 atom stereocenters.